The van der Waals surface area contributed by atoms with Crippen molar-refractivity contribution in [2.75, 3.05) is 18.9 Å². The minimum Gasteiger partial charge on any atom is -0.464 e. The Labute approximate surface area is 359 Å². The normalized spacial score (nSPS) is 19.0. The third kappa shape index (κ3) is 12.7. The summed E-state index contributed by atoms with van der Waals surface area (Å²) in [6.45, 7) is 7.11. The number of nitrogens with zero attached hydrogens (tertiary/aromatic N) is 4. The van der Waals surface area contributed by atoms with Crippen molar-refractivity contribution in [1.82, 2.24) is 24.6 Å². The largest absolute Gasteiger partial charge is 0.508 e. The summed E-state index contributed by atoms with van der Waals surface area (Å²) in [7, 11) is -4.81. The van der Waals surface area contributed by atoms with Gasteiger partial charge in [-0.05, 0) is 55.0 Å². The molecule has 15 nitrogen and oxygen atoms in total. The van der Waals surface area contributed by atoms with Crippen LogP contribution in [0.3, 0.4) is 0 Å². The quantitative estimate of drug-likeness (QED) is 0.0311. The highest BCUT2D eigenvalue weighted by molar-refractivity contribution is 7.52. The number of nitrogen functional groups attached to an aromatic ring is 1. The van der Waals surface area contributed by atoms with E-state index < -0.39 is 80.7 Å². The van der Waals surface area contributed by atoms with Crippen molar-refractivity contribution in [3.05, 3.63) is 78.1 Å². The fraction of sp³-hybridized carbons (Fsp3) is 0.512. The molecule has 336 valence electrons. The van der Waals surface area contributed by atoms with E-state index in [1.54, 1.807) is 18.2 Å². The molecule has 0 aliphatic carbocycles. The molecule has 3 heterocycles. The van der Waals surface area contributed by atoms with Crippen molar-refractivity contribution < 1.29 is 55.3 Å². The monoisotopic (exact) mass is 886 g/mol. The number of ether oxygens (including phenoxy) is 4. The lowest BCUT2D eigenvalue weighted by atomic mass is 9.99. The molecule has 2 aromatic heterocycles. The van der Waals surface area contributed by atoms with Crippen molar-refractivity contribution in [3.63, 3.8) is 0 Å². The molecule has 2 aromatic carbocycles. The van der Waals surface area contributed by atoms with Gasteiger partial charge in [0.2, 0.25) is 0 Å². The number of nitrogens with two attached hydrogens (primary N) is 1. The first-order valence-corrected chi connectivity index (χ1v) is 22.3. The van der Waals surface area contributed by atoms with Crippen LogP contribution in [0.4, 0.5) is 23.8 Å². The molecule has 5 rings (SSSR count). The van der Waals surface area contributed by atoms with Gasteiger partial charge >= 0.3 is 25.9 Å². The van der Waals surface area contributed by atoms with E-state index in [9.17, 15) is 22.8 Å². The summed E-state index contributed by atoms with van der Waals surface area (Å²) in [6.07, 6.45) is 7.64. The third-order valence-electron chi connectivity index (χ3n) is 10.5. The average Bonchev–Trinajstić information content (AvgIpc) is 3.82. The maximum absolute atomic E-state index is 15.1. The predicted octanol–water partition coefficient (Wildman–Crippen LogP) is 8.77. The SMILES string of the molecule is C#C[C@]1(CO[P@@](=O)(N[C@@H](Cc2cc(F)cc(F)c2)C(=O)OCC(CC)CC)Oc2ccccc2)O[C@@H](n2cnc3c(N)nc(F)nc32)C[C@@H]1OC(=O)OC(CCCC)CCCC. The van der Waals surface area contributed by atoms with Gasteiger partial charge < -0.3 is 29.2 Å². The van der Waals surface area contributed by atoms with E-state index >= 15 is 4.57 Å². The lowest BCUT2D eigenvalue weighted by molar-refractivity contribution is -0.147. The van der Waals surface area contributed by atoms with Crippen LogP contribution in [0.1, 0.15) is 97.3 Å². The maximum atomic E-state index is 15.1. The molecule has 4 aromatic rings. The van der Waals surface area contributed by atoms with Crippen LogP contribution in [0.15, 0.2) is 54.9 Å². The van der Waals surface area contributed by atoms with Gasteiger partial charge in [-0.1, -0.05) is 90.3 Å². The standard InChI is InChI=1S/C43H54F3N6O9P/c1-6-11-16-32(17-12-7-2)58-42(54)59-35-24-36(52-27-48-37-38(47)49-41(46)50-39(37)52)60-43(35,10-5)26-57-62(55,61-33-18-14-13-15-19-33)51-34(40(53)56-25-28(8-3)9-4)22-29-20-30(44)23-31(45)21-29/h5,13-15,18-21,23,27-28,32,34-36H,6-9,11-12,16-17,22,24-26H2,1-4H3,(H,51,55)(H2,47,49,50)/t34-,35-,36+,43+,62-/m0/s1. The number of carbonyl (C=O) groups is 2. The average molecular weight is 887 g/mol. The number of benzene rings is 2. The van der Waals surface area contributed by atoms with Gasteiger partial charge in [0.15, 0.2) is 28.7 Å². The molecule has 1 saturated heterocycles. The number of fused-ring (bicyclic) bond motifs is 1. The summed E-state index contributed by atoms with van der Waals surface area (Å²) in [5.41, 5.74) is 3.89. The molecular weight excluding hydrogens is 832 g/mol. The number of nitrogens with one attached hydrogen (secondary N) is 1. The van der Waals surface area contributed by atoms with E-state index in [1.807, 2.05) is 27.7 Å². The van der Waals surface area contributed by atoms with Crippen LogP contribution in [0, 0.1) is 36.0 Å². The Hall–Kier alpha value is -5.21. The second-order valence-corrected chi connectivity index (χ2v) is 16.8. The molecule has 0 spiro atoms. The van der Waals surface area contributed by atoms with Gasteiger partial charge in [-0.2, -0.15) is 19.4 Å². The first-order chi connectivity index (χ1) is 29.7. The molecule has 0 unspecified atom stereocenters. The highest BCUT2D eigenvalue weighted by Crippen LogP contribution is 2.49. The molecule has 1 aliphatic rings. The molecule has 62 heavy (non-hydrogen) atoms. The summed E-state index contributed by atoms with van der Waals surface area (Å²) >= 11 is 0. The molecule has 0 amide bonds. The van der Waals surface area contributed by atoms with Crippen LogP contribution in [-0.2, 0) is 39.3 Å². The van der Waals surface area contributed by atoms with Crippen LogP contribution >= 0.6 is 7.75 Å². The number of esters is 1. The van der Waals surface area contributed by atoms with Crippen LogP contribution in [0.25, 0.3) is 11.2 Å². The number of para-hydroxylation sites is 1. The van der Waals surface area contributed by atoms with Gasteiger partial charge in [0.05, 0.1) is 12.9 Å². The van der Waals surface area contributed by atoms with E-state index in [2.05, 4.69) is 26.0 Å². The summed E-state index contributed by atoms with van der Waals surface area (Å²) in [6, 6.07) is 9.01. The van der Waals surface area contributed by atoms with Crippen molar-refractivity contribution in [2.24, 2.45) is 5.92 Å². The number of terminal acetylenes is 1. The fourth-order valence-electron chi connectivity index (χ4n) is 6.93. The molecule has 0 bridgehead atoms. The van der Waals surface area contributed by atoms with Crippen molar-refractivity contribution in [1.29, 1.82) is 0 Å². The fourth-order valence-corrected chi connectivity index (χ4v) is 8.45. The van der Waals surface area contributed by atoms with E-state index in [-0.39, 0.29) is 47.2 Å². The minimum absolute atomic E-state index is 0.00184. The summed E-state index contributed by atoms with van der Waals surface area (Å²) in [5, 5.41) is 2.63. The number of anilines is 1. The first-order valence-electron chi connectivity index (χ1n) is 20.8. The number of imidazole rings is 1. The van der Waals surface area contributed by atoms with Crippen LogP contribution in [0.2, 0.25) is 0 Å². The van der Waals surface area contributed by atoms with E-state index in [1.165, 1.54) is 23.0 Å². The number of halogens is 3. The zero-order valence-electron chi connectivity index (χ0n) is 35.3. The smallest absolute Gasteiger partial charge is 0.464 e. The van der Waals surface area contributed by atoms with Crippen molar-refractivity contribution in [2.45, 2.75) is 122 Å². The minimum atomic E-state index is -4.81. The second-order valence-electron chi connectivity index (χ2n) is 15.1. The number of aromatic nitrogens is 4. The number of hydrogen-bond acceptors (Lipinski definition) is 13. The number of unbranched alkanes of at least 4 members (excludes halogenated alkanes) is 2. The highest BCUT2D eigenvalue weighted by atomic mass is 31.2. The van der Waals surface area contributed by atoms with Crippen LogP contribution < -0.4 is 15.3 Å². The van der Waals surface area contributed by atoms with Gasteiger partial charge in [0, 0.05) is 12.5 Å². The molecule has 1 aliphatic heterocycles. The lowest BCUT2D eigenvalue weighted by Gasteiger charge is -2.31. The molecule has 1 fully saturated rings. The van der Waals surface area contributed by atoms with Crippen LogP contribution in [-0.4, -0.2) is 68.7 Å². The summed E-state index contributed by atoms with van der Waals surface area (Å²) in [5.74, 6) is -0.405. The third-order valence-corrected chi connectivity index (χ3v) is 12.1. The second kappa shape index (κ2) is 22.2. The topological polar surface area (TPSA) is 188 Å². The number of rotatable bonds is 23. The zero-order chi connectivity index (χ0) is 44.9. The van der Waals surface area contributed by atoms with Crippen LogP contribution in [0.5, 0.6) is 5.75 Å². The van der Waals surface area contributed by atoms with Crippen molar-refractivity contribution in [3.8, 4) is 18.1 Å². The van der Waals surface area contributed by atoms with E-state index in [0.717, 1.165) is 37.8 Å². The Balaban J connectivity index is 1.51. The van der Waals surface area contributed by atoms with Gasteiger partial charge in [-0.25, -0.2) is 23.1 Å². The zero-order valence-corrected chi connectivity index (χ0v) is 36.2. The van der Waals surface area contributed by atoms with Crippen molar-refractivity contribution >= 4 is 36.9 Å². The van der Waals surface area contributed by atoms with Gasteiger partial charge in [-0.3, -0.25) is 13.9 Å². The highest BCUT2D eigenvalue weighted by Gasteiger charge is 2.54. The Morgan fingerprint density at radius 2 is 1.73 bits per heavy atom. The molecule has 5 atom stereocenters. The van der Waals surface area contributed by atoms with E-state index in [4.69, 9.17) is 40.2 Å². The molecular formula is C43H54F3N6O9P. The Bertz CT molecular complexity index is 2180. The molecule has 19 heteroatoms. The summed E-state index contributed by atoms with van der Waals surface area (Å²) in [4.78, 5) is 38.9. The molecule has 0 saturated carbocycles. The van der Waals surface area contributed by atoms with E-state index in [0.29, 0.717) is 31.7 Å². The van der Waals surface area contributed by atoms with Gasteiger partial charge in [0.1, 0.15) is 42.4 Å². The first kappa shape index (κ1) is 47.8. The number of carbonyl (C=O) groups excluding carboxylic acids is 2. The molecule has 0 radical (unpaired) electrons. The Kier molecular flexibility index (Phi) is 17.2. The number of hydrogen-bond donors (Lipinski definition) is 2. The Morgan fingerprint density at radius 1 is 1.05 bits per heavy atom. The lowest BCUT2D eigenvalue weighted by Crippen LogP contribution is -2.46. The maximum Gasteiger partial charge on any atom is 0.508 e. The predicted molar refractivity (Wildman–Crippen MR) is 223 cm³/mol. The Morgan fingerprint density at radius 3 is 2.35 bits per heavy atom. The molecule has 3 N–H and O–H groups in total. The summed E-state index contributed by atoms with van der Waals surface area (Å²) < 4.78 is 95.4. The van der Waals surface area contributed by atoms with Gasteiger partial charge in [-0.15, -0.1) is 6.42 Å². The van der Waals surface area contributed by atoms with Gasteiger partial charge in [0.25, 0.3) is 0 Å².